The van der Waals surface area contributed by atoms with Gasteiger partial charge in [-0.25, -0.2) is 0 Å². The summed E-state index contributed by atoms with van der Waals surface area (Å²) >= 11 is 2.11. The summed E-state index contributed by atoms with van der Waals surface area (Å²) in [6, 6.07) is 37.9. The predicted octanol–water partition coefficient (Wildman–Crippen LogP) is 12.5. The molecule has 0 saturated heterocycles. The fourth-order valence-electron chi connectivity index (χ4n) is 9.31. The van der Waals surface area contributed by atoms with Crippen LogP contribution in [0.1, 0.15) is 45.2 Å². The van der Waals surface area contributed by atoms with Crippen molar-refractivity contribution in [3.8, 4) is 11.1 Å². The summed E-state index contributed by atoms with van der Waals surface area (Å²) < 4.78 is 0. The van der Waals surface area contributed by atoms with Gasteiger partial charge in [0.1, 0.15) is 0 Å². The highest BCUT2D eigenvalue weighted by atomic mass is 32.2. The fraction of sp³-hybridized carbons (Fsp3) is 0.234. The van der Waals surface area contributed by atoms with Crippen molar-refractivity contribution in [1.29, 1.82) is 0 Å². The van der Waals surface area contributed by atoms with E-state index in [0.29, 0.717) is 23.0 Å². The maximum Gasteiger partial charge on any atom is 0.0597 e. The van der Waals surface area contributed by atoms with Gasteiger partial charge < -0.3 is 4.90 Å². The van der Waals surface area contributed by atoms with Crippen LogP contribution < -0.4 is 4.90 Å². The first-order chi connectivity index (χ1) is 23.8. The molecule has 0 spiro atoms. The number of nitrogens with zero attached hydrogens (tertiary/aromatic N) is 1. The average Bonchev–Trinajstić information content (AvgIpc) is 3.57. The van der Waals surface area contributed by atoms with E-state index in [4.69, 9.17) is 0 Å². The minimum absolute atomic E-state index is 0.0632. The Morgan fingerprint density at radius 3 is 2.14 bits per heavy atom. The standard InChI is InChI=1S/C47H43NS/c1-31-30-36(26-27-37(31)34-16-9-6-10-17-34)48(35-24-22-33(23-25-35)32-14-7-5-8-15-32)42-21-13-20-41-44(42)49-45-43-38-18-11-12-19-39(38)46(2,3)40(43)28-29-47(41,45)4/h5-29,31,38-39,45H,30H2,1-4H3. The van der Waals surface area contributed by atoms with Crippen LogP contribution >= 0.6 is 11.8 Å². The van der Waals surface area contributed by atoms with Gasteiger partial charge in [0.05, 0.1) is 5.69 Å². The summed E-state index contributed by atoms with van der Waals surface area (Å²) in [6.45, 7) is 9.78. The molecule has 0 saturated carbocycles. The third-order valence-corrected chi connectivity index (χ3v) is 13.6. The molecule has 0 radical (unpaired) electrons. The molecule has 49 heavy (non-hydrogen) atoms. The van der Waals surface area contributed by atoms with Crippen LogP contribution in [-0.2, 0) is 5.41 Å². The van der Waals surface area contributed by atoms with Crippen molar-refractivity contribution in [3.05, 3.63) is 180 Å². The minimum atomic E-state index is -0.0632. The first-order valence-electron chi connectivity index (χ1n) is 17.9. The third kappa shape index (κ3) is 4.75. The van der Waals surface area contributed by atoms with E-state index in [1.165, 1.54) is 49.8 Å². The summed E-state index contributed by atoms with van der Waals surface area (Å²) in [5.41, 5.74) is 13.8. The van der Waals surface area contributed by atoms with Crippen LogP contribution in [0.3, 0.4) is 0 Å². The molecule has 1 heterocycles. The number of allylic oxidation sites excluding steroid dienone is 11. The van der Waals surface area contributed by atoms with Gasteiger partial charge >= 0.3 is 0 Å². The van der Waals surface area contributed by atoms with Gasteiger partial charge in [0.15, 0.2) is 0 Å². The second-order valence-corrected chi connectivity index (χ2v) is 16.3. The molecule has 0 bridgehead atoms. The summed E-state index contributed by atoms with van der Waals surface area (Å²) in [7, 11) is 0. The highest BCUT2D eigenvalue weighted by Crippen LogP contribution is 2.65. The lowest BCUT2D eigenvalue weighted by atomic mass is 9.70. The van der Waals surface area contributed by atoms with Gasteiger partial charge in [0.25, 0.3) is 0 Å². The molecule has 4 aromatic carbocycles. The Balaban J connectivity index is 1.17. The topological polar surface area (TPSA) is 3.24 Å². The van der Waals surface area contributed by atoms with Crippen LogP contribution in [0, 0.1) is 23.2 Å². The molecule has 2 heteroatoms. The van der Waals surface area contributed by atoms with Crippen LogP contribution in [0.25, 0.3) is 16.7 Å². The number of benzene rings is 4. The zero-order chi connectivity index (χ0) is 33.3. The number of hydrogen-bond donors (Lipinski definition) is 0. The van der Waals surface area contributed by atoms with E-state index in [2.05, 4.69) is 196 Å². The summed E-state index contributed by atoms with van der Waals surface area (Å²) in [4.78, 5) is 3.99. The van der Waals surface area contributed by atoms with E-state index >= 15 is 0 Å². The highest BCUT2D eigenvalue weighted by Gasteiger charge is 2.56. The van der Waals surface area contributed by atoms with Gasteiger partial charge in [-0.05, 0) is 86.9 Å². The van der Waals surface area contributed by atoms with Crippen molar-refractivity contribution < 1.29 is 0 Å². The van der Waals surface area contributed by atoms with Crippen LogP contribution in [0.15, 0.2) is 173 Å². The molecule has 1 aliphatic heterocycles. The van der Waals surface area contributed by atoms with E-state index in [1.807, 2.05) is 0 Å². The van der Waals surface area contributed by atoms with E-state index in [1.54, 1.807) is 11.1 Å². The minimum Gasteiger partial charge on any atom is -0.313 e. The number of rotatable bonds is 5. The Kier molecular flexibility index (Phi) is 7.18. The van der Waals surface area contributed by atoms with Crippen molar-refractivity contribution in [3.63, 3.8) is 0 Å². The Morgan fingerprint density at radius 2 is 1.41 bits per heavy atom. The lowest BCUT2D eigenvalue weighted by Crippen LogP contribution is -2.34. The monoisotopic (exact) mass is 653 g/mol. The Morgan fingerprint density at radius 1 is 0.714 bits per heavy atom. The van der Waals surface area contributed by atoms with E-state index in [-0.39, 0.29) is 10.8 Å². The quantitative estimate of drug-likeness (QED) is 0.211. The van der Waals surface area contributed by atoms with Crippen LogP contribution in [0.5, 0.6) is 0 Å². The molecule has 5 atom stereocenters. The predicted molar refractivity (Wildman–Crippen MR) is 209 cm³/mol. The van der Waals surface area contributed by atoms with Crippen molar-refractivity contribution in [2.75, 3.05) is 4.90 Å². The molecule has 1 nitrogen and oxygen atoms in total. The van der Waals surface area contributed by atoms with Gasteiger partial charge in [0, 0.05) is 32.9 Å². The normalized spacial score (nSPS) is 27.2. The molecule has 0 N–H and O–H groups in total. The van der Waals surface area contributed by atoms with E-state index in [9.17, 15) is 0 Å². The molecular formula is C47H43NS. The Labute approximate surface area is 296 Å². The first-order valence-corrected chi connectivity index (χ1v) is 18.7. The fourth-order valence-corrected chi connectivity index (χ4v) is 11.1. The zero-order valence-corrected chi connectivity index (χ0v) is 29.6. The molecule has 4 aromatic rings. The van der Waals surface area contributed by atoms with Gasteiger partial charge in [-0.15, -0.1) is 11.8 Å². The van der Waals surface area contributed by atoms with Crippen molar-refractivity contribution in [2.45, 2.75) is 49.7 Å². The summed E-state index contributed by atoms with van der Waals surface area (Å²) in [5, 5.41) is 0.375. The highest BCUT2D eigenvalue weighted by molar-refractivity contribution is 8.00. The zero-order valence-electron chi connectivity index (χ0n) is 28.8. The third-order valence-electron chi connectivity index (χ3n) is 11.9. The molecule has 5 aliphatic rings. The van der Waals surface area contributed by atoms with Gasteiger partial charge in [-0.3, -0.25) is 0 Å². The number of thioether (sulfide) groups is 1. The molecule has 0 amide bonds. The largest absolute Gasteiger partial charge is 0.313 e. The van der Waals surface area contributed by atoms with Crippen molar-refractivity contribution in [1.82, 2.24) is 0 Å². The van der Waals surface area contributed by atoms with Crippen LogP contribution in [0.2, 0.25) is 0 Å². The van der Waals surface area contributed by atoms with Crippen LogP contribution in [0.4, 0.5) is 11.4 Å². The number of anilines is 2. The second kappa shape index (κ2) is 11.5. The molecule has 5 unspecified atom stereocenters. The van der Waals surface area contributed by atoms with Gasteiger partial charge in [-0.1, -0.05) is 155 Å². The van der Waals surface area contributed by atoms with Crippen LogP contribution in [-0.4, -0.2) is 5.25 Å². The van der Waals surface area contributed by atoms with Gasteiger partial charge in [0.2, 0.25) is 0 Å². The summed E-state index contributed by atoms with van der Waals surface area (Å²) in [5.74, 6) is 1.37. The molecule has 4 aliphatic carbocycles. The van der Waals surface area contributed by atoms with E-state index < -0.39 is 0 Å². The molecule has 242 valence electrons. The van der Waals surface area contributed by atoms with E-state index in [0.717, 1.165) is 6.42 Å². The second-order valence-electron chi connectivity index (χ2n) is 15.2. The SMILES string of the molecule is CC1CC(N(c2ccc(-c3ccccc3)cc2)c2cccc3c2SC2C4=C(C=CC32C)C(C)(C)C2C=CC=CC42)=CC=C1c1ccccc1. The smallest absolute Gasteiger partial charge is 0.0597 e. The number of hydrogen-bond acceptors (Lipinski definition) is 2. The maximum atomic E-state index is 2.57. The number of fused-ring (bicyclic) bond motifs is 6. The average molecular weight is 654 g/mol. The first kappa shape index (κ1) is 30.5. The Bertz CT molecular complexity index is 2130. The lowest BCUT2D eigenvalue weighted by molar-refractivity contribution is 0.319. The Hall–Kier alpha value is -4.53. The maximum absolute atomic E-state index is 2.57. The summed E-state index contributed by atoms with van der Waals surface area (Å²) in [6.07, 6.45) is 20.2. The van der Waals surface area contributed by atoms with Crippen molar-refractivity contribution in [2.24, 2.45) is 23.2 Å². The lowest BCUT2D eigenvalue weighted by Gasteiger charge is -2.36. The van der Waals surface area contributed by atoms with Gasteiger partial charge in [-0.2, -0.15) is 0 Å². The molecule has 0 aromatic heterocycles. The molecule has 0 fully saturated rings. The van der Waals surface area contributed by atoms with Crippen molar-refractivity contribution >= 4 is 28.7 Å². The molecular weight excluding hydrogens is 611 g/mol. The molecule has 9 rings (SSSR count).